The highest BCUT2D eigenvalue weighted by Crippen LogP contribution is 2.42. The zero-order valence-electron chi connectivity index (χ0n) is 24.4. The zero-order valence-corrected chi connectivity index (χ0v) is 24.4. The number of ether oxygens (including phenoxy) is 2. The SMILES string of the molecule is CO[C@H](c1ccc(N2C(=O)c3ccccc3Oc3ccccc32)cc1)[C@H](C)/C=C/CC(=O)N(CCO)Cc1ccccc1. The minimum Gasteiger partial charge on any atom is -0.454 e. The van der Waals surface area contributed by atoms with Crippen LogP contribution >= 0.6 is 0 Å². The number of aliphatic hydroxyl groups excluding tert-OH is 1. The van der Waals surface area contributed by atoms with Crippen LogP contribution in [0.25, 0.3) is 0 Å². The summed E-state index contributed by atoms with van der Waals surface area (Å²) in [5.74, 6) is 0.893. The third-order valence-electron chi connectivity index (χ3n) is 7.53. The van der Waals surface area contributed by atoms with Crippen LogP contribution in [0.15, 0.2) is 115 Å². The first-order valence-electron chi connectivity index (χ1n) is 14.4. The molecular weight excluding hydrogens is 540 g/mol. The first-order valence-corrected chi connectivity index (χ1v) is 14.4. The van der Waals surface area contributed by atoms with Gasteiger partial charge < -0.3 is 19.5 Å². The van der Waals surface area contributed by atoms with Crippen molar-refractivity contribution in [3.05, 3.63) is 132 Å². The van der Waals surface area contributed by atoms with Crippen molar-refractivity contribution in [2.24, 2.45) is 5.92 Å². The van der Waals surface area contributed by atoms with E-state index < -0.39 is 0 Å². The van der Waals surface area contributed by atoms with E-state index in [1.807, 2.05) is 110 Å². The first-order chi connectivity index (χ1) is 21.0. The number of hydrogen-bond donors (Lipinski definition) is 1. The molecular formula is C36H36N2O5. The fourth-order valence-electron chi connectivity index (χ4n) is 5.36. The summed E-state index contributed by atoms with van der Waals surface area (Å²) in [6.07, 6.45) is 3.83. The molecule has 1 aliphatic heterocycles. The molecule has 7 nitrogen and oxygen atoms in total. The second kappa shape index (κ2) is 14.0. The van der Waals surface area contributed by atoms with Gasteiger partial charge in [-0.25, -0.2) is 0 Å². The van der Waals surface area contributed by atoms with Crippen molar-refractivity contribution >= 4 is 23.2 Å². The molecule has 0 bridgehead atoms. The highest BCUT2D eigenvalue weighted by atomic mass is 16.5. The van der Waals surface area contributed by atoms with Crippen molar-refractivity contribution in [2.75, 3.05) is 25.2 Å². The summed E-state index contributed by atoms with van der Waals surface area (Å²) < 4.78 is 12.0. The lowest BCUT2D eigenvalue weighted by molar-refractivity contribution is -0.131. The molecule has 43 heavy (non-hydrogen) atoms. The summed E-state index contributed by atoms with van der Waals surface area (Å²) in [6.45, 7) is 2.69. The number of para-hydroxylation sites is 3. The van der Waals surface area contributed by atoms with Gasteiger partial charge in [0.25, 0.3) is 5.91 Å². The van der Waals surface area contributed by atoms with Crippen LogP contribution in [-0.2, 0) is 16.1 Å². The Morgan fingerprint density at radius 1 is 0.930 bits per heavy atom. The van der Waals surface area contributed by atoms with E-state index in [4.69, 9.17) is 9.47 Å². The smallest absolute Gasteiger partial charge is 0.266 e. The maximum absolute atomic E-state index is 13.7. The van der Waals surface area contributed by atoms with Gasteiger partial charge >= 0.3 is 0 Å². The Labute approximate surface area is 252 Å². The van der Waals surface area contributed by atoms with Gasteiger partial charge in [0.2, 0.25) is 5.91 Å². The van der Waals surface area contributed by atoms with Crippen LogP contribution in [0, 0.1) is 5.92 Å². The maximum atomic E-state index is 13.7. The molecule has 7 heteroatoms. The zero-order chi connectivity index (χ0) is 30.2. The van der Waals surface area contributed by atoms with Crippen molar-refractivity contribution < 1.29 is 24.2 Å². The Morgan fingerprint density at radius 2 is 1.60 bits per heavy atom. The summed E-state index contributed by atoms with van der Waals surface area (Å²) in [5.41, 5.74) is 3.85. The Bertz CT molecular complexity index is 1570. The monoisotopic (exact) mass is 576 g/mol. The molecule has 1 N–H and O–H groups in total. The van der Waals surface area contributed by atoms with E-state index in [1.165, 1.54) is 0 Å². The molecule has 0 radical (unpaired) electrons. The molecule has 0 saturated carbocycles. The molecule has 2 atom stereocenters. The van der Waals surface area contributed by atoms with Gasteiger partial charge in [-0.1, -0.05) is 85.8 Å². The number of fused-ring (bicyclic) bond motifs is 2. The summed E-state index contributed by atoms with van der Waals surface area (Å²) in [5, 5.41) is 9.47. The van der Waals surface area contributed by atoms with Gasteiger partial charge in [0.1, 0.15) is 5.75 Å². The Hall–Kier alpha value is -4.72. The van der Waals surface area contributed by atoms with E-state index >= 15 is 0 Å². The van der Waals surface area contributed by atoms with E-state index in [0.29, 0.717) is 35.0 Å². The number of carbonyl (C=O) groups excluding carboxylic acids is 2. The standard InChI is InChI=1S/C36H36N2O5/c1-26(11-10-18-34(40)37(23-24-39)25-27-12-4-3-5-13-27)35(42-2)28-19-21-29(22-20-28)38-31-15-7-9-17-33(31)43-32-16-8-6-14-30(32)36(38)41/h3-17,19-22,26,35,39H,18,23-25H2,1-2H3/b11-10+/t26-,35+/m1/s1. The quantitative estimate of drug-likeness (QED) is 0.193. The number of anilines is 2. The first kappa shape index (κ1) is 29.8. The summed E-state index contributed by atoms with van der Waals surface area (Å²) in [4.78, 5) is 30.0. The number of carbonyl (C=O) groups is 2. The number of rotatable bonds is 11. The highest BCUT2D eigenvalue weighted by Gasteiger charge is 2.29. The Balaban J connectivity index is 1.30. The number of amides is 2. The van der Waals surface area contributed by atoms with Gasteiger partial charge in [-0.05, 0) is 47.5 Å². The van der Waals surface area contributed by atoms with Crippen LogP contribution in [0.1, 0.15) is 40.9 Å². The number of aliphatic hydroxyl groups is 1. The van der Waals surface area contributed by atoms with Crippen LogP contribution in [-0.4, -0.2) is 42.1 Å². The van der Waals surface area contributed by atoms with Crippen LogP contribution in [0.5, 0.6) is 11.5 Å². The topological polar surface area (TPSA) is 79.3 Å². The summed E-state index contributed by atoms with van der Waals surface area (Å²) in [7, 11) is 1.67. The molecule has 4 aromatic rings. The molecule has 0 aliphatic carbocycles. The van der Waals surface area contributed by atoms with Crippen LogP contribution < -0.4 is 9.64 Å². The molecule has 0 fully saturated rings. The van der Waals surface area contributed by atoms with Gasteiger partial charge in [0.05, 0.1) is 24.0 Å². The lowest BCUT2D eigenvalue weighted by atomic mass is 9.96. The lowest BCUT2D eigenvalue weighted by Gasteiger charge is -2.24. The van der Waals surface area contributed by atoms with Gasteiger partial charge in [-0.15, -0.1) is 0 Å². The molecule has 4 aromatic carbocycles. The van der Waals surface area contributed by atoms with Crippen molar-refractivity contribution in [1.29, 1.82) is 0 Å². The van der Waals surface area contributed by atoms with Crippen LogP contribution in [0.2, 0.25) is 0 Å². The average Bonchev–Trinajstić information content (AvgIpc) is 3.16. The molecule has 0 spiro atoms. The molecule has 1 aliphatic rings. The van der Waals surface area contributed by atoms with Gasteiger partial charge in [-0.2, -0.15) is 0 Å². The molecule has 0 unspecified atom stereocenters. The second-order valence-electron chi connectivity index (χ2n) is 10.5. The molecule has 1 heterocycles. The summed E-state index contributed by atoms with van der Waals surface area (Å²) >= 11 is 0. The van der Waals surface area contributed by atoms with Gasteiger partial charge in [0, 0.05) is 38.2 Å². The number of methoxy groups -OCH3 is 1. The molecule has 0 aromatic heterocycles. The number of benzene rings is 4. The van der Waals surface area contributed by atoms with Crippen molar-refractivity contribution in [3.8, 4) is 11.5 Å². The Morgan fingerprint density at radius 3 is 2.33 bits per heavy atom. The van der Waals surface area contributed by atoms with Gasteiger partial charge in [-0.3, -0.25) is 14.5 Å². The predicted molar refractivity (Wildman–Crippen MR) is 167 cm³/mol. The molecule has 0 saturated heterocycles. The van der Waals surface area contributed by atoms with E-state index in [1.54, 1.807) is 29.0 Å². The molecule has 5 rings (SSSR count). The normalized spacial score (nSPS) is 13.9. The molecule has 220 valence electrons. The number of hydrogen-bond acceptors (Lipinski definition) is 5. The molecule has 2 amide bonds. The van der Waals surface area contributed by atoms with Crippen LogP contribution in [0.3, 0.4) is 0 Å². The lowest BCUT2D eigenvalue weighted by Crippen LogP contribution is -2.32. The summed E-state index contributed by atoms with van der Waals surface area (Å²) in [6, 6.07) is 32.3. The minimum absolute atomic E-state index is 0.0233. The van der Waals surface area contributed by atoms with Crippen molar-refractivity contribution in [2.45, 2.75) is 26.0 Å². The largest absolute Gasteiger partial charge is 0.454 e. The predicted octanol–water partition coefficient (Wildman–Crippen LogP) is 7.06. The third kappa shape index (κ3) is 6.85. The van der Waals surface area contributed by atoms with Crippen LogP contribution in [0.4, 0.5) is 11.4 Å². The van der Waals surface area contributed by atoms with E-state index in [0.717, 1.165) is 11.1 Å². The second-order valence-corrected chi connectivity index (χ2v) is 10.5. The minimum atomic E-state index is -0.255. The third-order valence-corrected chi connectivity index (χ3v) is 7.53. The number of nitrogens with zero attached hydrogens (tertiary/aromatic N) is 2. The van der Waals surface area contributed by atoms with E-state index in [-0.39, 0.29) is 43.4 Å². The van der Waals surface area contributed by atoms with Crippen molar-refractivity contribution in [3.63, 3.8) is 0 Å². The van der Waals surface area contributed by atoms with Crippen molar-refractivity contribution in [1.82, 2.24) is 4.90 Å². The highest BCUT2D eigenvalue weighted by molar-refractivity contribution is 6.14. The Kier molecular flexibility index (Phi) is 9.66. The van der Waals surface area contributed by atoms with Gasteiger partial charge in [0.15, 0.2) is 5.75 Å². The van der Waals surface area contributed by atoms with E-state index in [2.05, 4.69) is 0 Å². The fraction of sp³-hybridized carbons (Fsp3) is 0.222. The average molecular weight is 577 g/mol. The van der Waals surface area contributed by atoms with E-state index in [9.17, 15) is 14.7 Å². The maximum Gasteiger partial charge on any atom is 0.266 e. The fourth-order valence-corrected chi connectivity index (χ4v) is 5.36.